The molecule has 2 aromatic carbocycles. The van der Waals surface area contributed by atoms with Gasteiger partial charge in [0, 0.05) is 10.9 Å². The molecule has 0 bridgehead atoms. The minimum atomic E-state index is -0.465. The van der Waals surface area contributed by atoms with Crippen LogP contribution in [0.1, 0.15) is 34.4 Å². The van der Waals surface area contributed by atoms with Gasteiger partial charge in [-0.3, -0.25) is 9.36 Å². The molecule has 0 unspecified atom stereocenters. The van der Waals surface area contributed by atoms with E-state index < -0.39 is 5.69 Å². The largest absolute Gasteiger partial charge is 0.497 e. The van der Waals surface area contributed by atoms with E-state index in [0.29, 0.717) is 33.0 Å². The Morgan fingerprint density at radius 1 is 1.06 bits per heavy atom. The highest BCUT2D eigenvalue weighted by atomic mass is 32.1. The van der Waals surface area contributed by atoms with Gasteiger partial charge in [-0.15, -0.1) is 11.3 Å². The molecule has 2 heterocycles. The molecule has 0 aliphatic heterocycles. The second kappa shape index (κ2) is 8.84. The number of hydrogen-bond acceptors (Lipinski definition) is 6. The summed E-state index contributed by atoms with van der Waals surface area (Å²) in [7, 11) is 3.04. The molecule has 0 N–H and O–H groups in total. The molecule has 7 nitrogen and oxygen atoms in total. The van der Waals surface area contributed by atoms with E-state index in [2.05, 4.69) is 6.07 Å². The van der Waals surface area contributed by atoms with E-state index in [-0.39, 0.29) is 12.1 Å². The van der Waals surface area contributed by atoms with E-state index in [1.54, 1.807) is 42.0 Å². The lowest BCUT2D eigenvalue weighted by Gasteiger charge is -2.16. The number of fused-ring (bicyclic) bond motifs is 3. The molecule has 0 saturated heterocycles. The van der Waals surface area contributed by atoms with Crippen molar-refractivity contribution in [2.45, 2.75) is 32.2 Å². The van der Waals surface area contributed by atoms with E-state index in [1.807, 2.05) is 12.1 Å². The molecule has 0 fully saturated rings. The van der Waals surface area contributed by atoms with Crippen molar-refractivity contribution < 1.29 is 9.47 Å². The summed E-state index contributed by atoms with van der Waals surface area (Å²) >= 11 is 1.52. The molecule has 2 aromatic heterocycles. The summed E-state index contributed by atoms with van der Waals surface area (Å²) in [5, 5.41) is 10.2. The van der Waals surface area contributed by atoms with Crippen molar-refractivity contribution >= 4 is 21.6 Å². The fourth-order valence-corrected chi connectivity index (χ4v) is 6.00. The summed E-state index contributed by atoms with van der Waals surface area (Å²) in [4.78, 5) is 29.6. The third-order valence-corrected chi connectivity index (χ3v) is 7.65. The molecule has 0 spiro atoms. The third-order valence-electron chi connectivity index (χ3n) is 6.33. The first-order chi connectivity index (χ1) is 16.6. The van der Waals surface area contributed by atoms with Crippen LogP contribution in [0.2, 0.25) is 0 Å². The van der Waals surface area contributed by atoms with Crippen molar-refractivity contribution in [2.75, 3.05) is 14.2 Å². The maximum absolute atomic E-state index is 13.9. The van der Waals surface area contributed by atoms with Crippen LogP contribution in [0.15, 0.2) is 52.1 Å². The number of aromatic nitrogens is 2. The van der Waals surface area contributed by atoms with Gasteiger partial charge in [0.25, 0.3) is 5.56 Å². The standard InChI is InChI=1S/C26H23N3O4S/c1-32-18-11-12-20(21(13-18)33-2)29-24(30)23-19-9-5-6-10-22(19)34-25(23)28(26(29)31)15-17-8-4-3-7-16(17)14-27/h3-4,7-8,11-13H,5-6,9-10,15H2,1-2H3. The zero-order valence-corrected chi connectivity index (χ0v) is 19.8. The SMILES string of the molecule is COc1ccc(-n2c(=O)c3c4c(sc3n(Cc3ccccc3C#N)c2=O)CCCC4)c(OC)c1. The highest BCUT2D eigenvalue weighted by Gasteiger charge is 2.25. The highest BCUT2D eigenvalue weighted by molar-refractivity contribution is 7.18. The molecule has 0 atom stereocenters. The number of nitrogens with zero attached hydrogens (tertiary/aromatic N) is 3. The Labute approximate surface area is 200 Å². The molecule has 0 saturated carbocycles. The number of hydrogen-bond donors (Lipinski definition) is 0. The van der Waals surface area contributed by atoms with Gasteiger partial charge >= 0.3 is 5.69 Å². The fourth-order valence-electron chi connectivity index (χ4n) is 4.63. The van der Waals surface area contributed by atoms with Crippen molar-refractivity contribution in [3.05, 3.63) is 84.9 Å². The third kappa shape index (κ3) is 3.49. The predicted molar refractivity (Wildman–Crippen MR) is 132 cm³/mol. The number of rotatable bonds is 5. The Morgan fingerprint density at radius 2 is 1.85 bits per heavy atom. The van der Waals surface area contributed by atoms with Gasteiger partial charge in [0.2, 0.25) is 0 Å². The van der Waals surface area contributed by atoms with Gasteiger partial charge in [0.1, 0.15) is 16.3 Å². The molecule has 0 amide bonds. The van der Waals surface area contributed by atoms with Crippen LogP contribution in [0, 0.1) is 11.3 Å². The topological polar surface area (TPSA) is 86.2 Å². The molecule has 1 aliphatic rings. The van der Waals surface area contributed by atoms with Gasteiger partial charge in [-0.05, 0) is 55.0 Å². The van der Waals surface area contributed by atoms with E-state index >= 15 is 0 Å². The Hall–Kier alpha value is -3.83. The molecule has 172 valence electrons. The first-order valence-corrected chi connectivity index (χ1v) is 11.9. The van der Waals surface area contributed by atoms with Crippen LogP contribution >= 0.6 is 11.3 Å². The minimum Gasteiger partial charge on any atom is -0.497 e. The molecule has 0 radical (unpaired) electrons. The summed E-state index contributed by atoms with van der Waals surface area (Å²) in [6, 6.07) is 14.5. The van der Waals surface area contributed by atoms with Gasteiger partial charge in [0.05, 0.1) is 43.5 Å². The Morgan fingerprint density at radius 3 is 2.62 bits per heavy atom. The molecular formula is C26H23N3O4S. The van der Waals surface area contributed by atoms with Crippen LogP contribution in [0.5, 0.6) is 11.5 Å². The first kappa shape index (κ1) is 22.0. The number of methoxy groups -OCH3 is 2. The zero-order valence-electron chi connectivity index (χ0n) is 19.0. The van der Waals surface area contributed by atoms with Crippen LogP contribution in [0.4, 0.5) is 0 Å². The number of nitriles is 1. The average molecular weight is 474 g/mol. The summed E-state index contributed by atoms with van der Waals surface area (Å²) < 4.78 is 13.6. The smallest absolute Gasteiger partial charge is 0.337 e. The molecule has 34 heavy (non-hydrogen) atoms. The summed E-state index contributed by atoms with van der Waals surface area (Å²) in [6.07, 6.45) is 3.81. The highest BCUT2D eigenvalue weighted by Crippen LogP contribution is 2.35. The van der Waals surface area contributed by atoms with Gasteiger partial charge in [0.15, 0.2) is 0 Å². The van der Waals surface area contributed by atoms with Gasteiger partial charge in [-0.1, -0.05) is 18.2 Å². The lowest BCUT2D eigenvalue weighted by atomic mass is 9.97. The zero-order chi connectivity index (χ0) is 23.8. The van der Waals surface area contributed by atoms with Crippen LogP contribution in [0.25, 0.3) is 15.9 Å². The predicted octanol–water partition coefficient (Wildman–Crippen LogP) is 4.03. The van der Waals surface area contributed by atoms with Gasteiger partial charge < -0.3 is 9.47 Å². The first-order valence-electron chi connectivity index (χ1n) is 11.1. The molecule has 8 heteroatoms. The van der Waals surface area contributed by atoms with Crippen molar-refractivity contribution in [3.8, 4) is 23.3 Å². The number of aryl methyl sites for hydroxylation is 2. The van der Waals surface area contributed by atoms with E-state index in [1.165, 1.54) is 27.9 Å². The van der Waals surface area contributed by atoms with Gasteiger partial charge in [-0.2, -0.15) is 5.26 Å². The number of benzene rings is 2. The van der Waals surface area contributed by atoms with Crippen molar-refractivity contribution in [1.82, 2.24) is 9.13 Å². The lowest BCUT2D eigenvalue weighted by molar-refractivity contribution is 0.392. The Kier molecular flexibility index (Phi) is 5.72. The van der Waals surface area contributed by atoms with E-state index in [9.17, 15) is 14.9 Å². The fraction of sp³-hybridized carbons (Fsp3) is 0.269. The van der Waals surface area contributed by atoms with E-state index in [0.717, 1.165) is 36.8 Å². The maximum Gasteiger partial charge on any atom is 0.337 e. The Bertz CT molecular complexity index is 1570. The number of ether oxygens (including phenoxy) is 2. The maximum atomic E-state index is 13.9. The molecule has 5 rings (SSSR count). The molecular weight excluding hydrogens is 450 g/mol. The quantitative estimate of drug-likeness (QED) is 0.437. The second-order valence-corrected chi connectivity index (χ2v) is 9.29. The Balaban J connectivity index is 1.85. The van der Waals surface area contributed by atoms with Crippen molar-refractivity contribution in [2.24, 2.45) is 0 Å². The lowest BCUT2D eigenvalue weighted by Crippen LogP contribution is -2.39. The summed E-state index contributed by atoms with van der Waals surface area (Å²) in [5.41, 5.74) is 1.83. The normalized spacial score (nSPS) is 12.9. The number of thiophene rings is 1. The summed E-state index contributed by atoms with van der Waals surface area (Å²) in [6.45, 7) is 0.192. The van der Waals surface area contributed by atoms with Crippen molar-refractivity contribution in [1.29, 1.82) is 5.26 Å². The summed E-state index contributed by atoms with van der Waals surface area (Å²) in [5.74, 6) is 0.928. The van der Waals surface area contributed by atoms with Crippen LogP contribution < -0.4 is 20.7 Å². The van der Waals surface area contributed by atoms with Gasteiger partial charge in [-0.25, -0.2) is 9.36 Å². The molecule has 4 aromatic rings. The average Bonchev–Trinajstić information content (AvgIpc) is 3.26. The van der Waals surface area contributed by atoms with E-state index in [4.69, 9.17) is 9.47 Å². The van der Waals surface area contributed by atoms with Crippen LogP contribution in [-0.2, 0) is 19.4 Å². The minimum absolute atomic E-state index is 0.192. The van der Waals surface area contributed by atoms with Crippen molar-refractivity contribution in [3.63, 3.8) is 0 Å². The monoisotopic (exact) mass is 473 g/mol. The van der Waals surface area contributed by atoms with Crippen LogP contribution in [-0.4, -0.2) is 23.4 Å². The molecule has 1 aliphatic carbocycles. The van der Waals surface area contributed by atoms with Crippen LogP contribution in [0.3, 0.4) is 0 Å². The second-order valence-electron chi connectivity index (χ2n) is 8.21.